The number of carbonyl (C=O) groups excluding carboxylic acids is 1. The van der Waals surface area contributed by atoms with E-state index in [0.717, 1.165) is 6.20 Å². The summed E-state index contributed by atoms with van der Waals surface area (Å²) < 4.78 is 0. The Hall–Kier alpha value is -2.29. The fourth-order valence-electron chi connectivity index (χ4n) is 0.983. The summed E-state index contributed by atoms with van der Waals surface area (Å²) in [6.07, 6.45) is 6.09. The maximum Gasteiger partial charge on any atom is 0.325 e. The molecule has 1 rings (SSSR count). The molecule has 2 N–H and O–H groups in total. The smallest absolute Gasteiger partial charge is 0.325 e. The average molecular weight is 207 g/mol. The van der Waals surface area contributed by atoms with Crippen LogP contribution in [0.4, 0.5) is 0 Å². The lowest BCUT2D eigenvalue weighted by molar-refractivity contribution is 0.0810. The van der Waals surface area contributed by atoms with E-state index in [-0.39, 0.29) is 12.1 Å². The van der Waals surface area contributed by atoms with E-state index in [0.29, 0.717) is 0 Å². The summed E-state index contributed by atoms with van der Waals surface area (Å²) in [6, 6.07) is 0. The molecule has 0 unspecified atom stereocenters. The van der Waals surface area contributed by atoms with Crippen LogP contribution in [0.25, 0.3) is 0 Å². The third-order valence-corrected chi connectivity index (χ3v) is 1.72. The number of nitrogens with one attached hydrogen (secondary N) is 2. The molecule has 1 aromatic rings. The highest BCUT2D eigenvalue weighted by Crippen LogP contribution is 1.93. The maximum atomic E-state index is 11.6. The van der Waals surface area contributed by atoms with E-state index in [1.807, 2.05) is 4.98 Å². The summed E-state index contributed by atoms with van der Waals surface area (Å²) in [5, 5.41) is 0. The van der Waals surface area contributed by atoms with Crippen LogP contribution in [0.1, 0.15) is 10.4 Å². The summed E-state index contributed by atoms with van der Waals surface area (Å²) in [5.74, 6) is 1.73. The first-order valence-electron chi connectivity index (χ1n) is 4.07. The van der Waals surface area contributed by atoms with Gasteiger partial charge in [0.25, 0.3) is 11.5 Å². The molecule has 0 saturated heterocycles. The third-order valence-electron chi connectivity index (χ3n) is 1.72. The molecule has 0 radical (unpaired) electrons. The number of nitrogens with zero attached hydrogens (tertiary/aromatic N) is 1. The van der Waals surface area contributed by atoms with Crippen LogP contribution in [-0.4, -0.2) is 34.4 Å². The minimum absolute atomic E-state index is 0.0946. The van der Waals surface area contributed by atoms with Crippen LogP contribution in [-0.2, 0) is 0 Å². The van der Waals surface area contributed by atoms with Gasteiger partial charge in [0.15, 0.2) is 0 Å². The molecule has 0 bridgehead atoms. The van der Waals surface area contributed by atoms with Crippen molar-refractivity contribution in [1.82, 2.24) is 14.9 Å². The van der Waals surface area contributed by atoms with E-state index < -0.39 is 17.2 Å². The Morgan fingerprint density at radius 1 is 1.60 bits per heavy atom. The number of rotatable bonds is 2. The fourth-order valence-corrected chi connectivity index (χ4v) is 0.983. The number of carbonyl (C=O) groups is 1. The van der Waals surface area contributed by atoms with Crippen LogP contribution in [0.5, 0.6) is 0 Å². The van der Waals surface area contributed by atoms with Gasteiger partial charge in [-0.2, -0.15) is 0 Å². The first-order valence-corrected chi connectivity index (χ1v) is 4.07. The highest BCUT2D eigenvalue weighted by molar-refractivity contribution is 5.93. The predicted octanol–water partition coefficient (Wildman–Crippen LogP) is -1.23. The van der Waals surface area contributed by atoms with Crippen LogP contribution in [0.15, 0.2) is 15.8 Å². The van der Waals surface area contributed by atoms with Gasteiger partial charge in [-0.1, -0.05) is 5.92 Å². The van der Waals surface area contributed by atoms with Gasteiger partial charge in [-0.25, -0.2) is 4.79 Å². The van der Waals surface area contributed by atoms with E-state index in [1.165, 1.54) is 11.9 Å². The largest absolute Gasteiger partial charge is 0.330 e. The van der Waals surface area contributed by atoms with E-state index in [9.17, 15) is 14.4 Å². The van der Waals surface area contributed by atoms with Gasteiger partial charge in [0, 0.05) is 13.2 Å². The van der Waals surface area contributed by atoms with Crippen molar-refractivity contribution < 1.29 is 4.79 Å². The Morgan fingerprint density at radius 3 is 2.80 bits per heavy atom. The van der Waals surface area contributed by atoms with Crippen LogP contribution < -0.4 is 11.2 Å². The van der Waals surface area contributed by atoms with E-state index >= 15 is 0 Å². The molecule has 0 saturated carbocycles. The van der Waals surface area contributed by atoms with Crippen molar-refractivity contribution in [2.24, 2.45) is 0 Å². The van der Waals surface area contributed by atoms with Gasteiger partial charge >= 0.3 is 5.69 Å². The van der Waals surface area contributed by atoms with Gasteiger partial charge in [-0.15, -0.1) is 6.42 Å². The molecule has 0 aliphatic rings. The molecule has 6 heteroatoms. The summed E-state index contributed by atoms with van der Waals surface area (Å²) in [5.41, 5.74) is -1.53. The standard InChI is InChI=1S/C9H9N3O3/c1-3-4-12(2)8(14)6-5-10-9(15)11-7(6)13/h1,5H,4H2,2H3,(H2,10,11,13,15). The number of terminal acetylenes is 1. The SMILES string of the molecule is C#CCN(C)C(=O)c1c[nH]c(=O)[nH]c1=O. The summed E-state index contributed by atoms with van der Waals surface area (Å²) in [6.45, 7) is 0.0946. The van der Waals surface area contributed by atoms with E-state index in [1.54, 1.807) is 0 Å². The molecule has 1 aromatic heterocycles. The van der Waals surface area contributed by atoms with Crippen LogP contribution in [0.2, 0.25) is 0 Å². The van der Waals surface area contributed by atoms with Gasteiger partial charge in [-0.3, -0.25) is 14.6 Å². The second-order valence-corrected chi connectivity index (χ2v) is 2.85. The Labute approximate surface area is 84.9 Å². The first kappa shape index (κ1) is 10.8. The molecule has 1 amide bonds. The molecular weight excluding hydrogens is 198 g/mol. The van der Waals surface area contributed by atoms with Crippen molar-refractivity contribution in [3.8, 4) is 12.3 Å². The number of aromatic nitrogens is 2. The van der Waals surface area contributed by atoms with Crippen LogP contribution in [0.3, 0.4) is 0 Å². The van der Waals surface area contributed by atoms with Crippen molar-refractivity contribution in [3.63, 3.8) is 0 Å². The minimum Gasteiger partial charge on any atom is -0.330 e. The molecule has 0 fully saturated rings. The Balaban J connectivity index is 3.08. The van der Waals surface area contributed by atoms with Gasteiger partial charge in [-0.05, 0) is 0 Å². The normalized spacial score (nSPS) is 9.33. The molecule has 0 aliphatic carbocycles. The highest BCUT2D eigenvalue weighted by atomic mass is 16.2. The van der Waals surface area contributed by atoms with Crippen molar-refractivity contribution in [2.75, 3.05) is 13.6 Å². The molecule has 1 heterocycles. The zero-order valence-electron chi connectivity index (χ0n) is 8.03. The van der Waals surface area contributed by atoms with Gasteiger partial charge in [0.05, 0.1) is 6.54 Å². The zero-order chi connectivity index (χ0) is 11.4. The molecule has 0 aliphatic heterocycles. The molecule has 0 spiro atoms. The predicted molar refractivity (Wildman–Crippen MR) is 53.5 cm³/mol. The average Bonchev–Trinajstić information content (AvgIpc) is 2.17. The van der Waals surface area contributed by atoms with Crippen molar-refractivity contribution in [1.29, 1.82) is 0 Å². The molecule has 15 heavy (non-hydrogen) atoms. The number of aromatic amines is 2. The minimum atomic E-state index is -0.729. The Bertz CT molecular complexity index is 520. The van der Waals surface area contributed by atoms with Gasteiger partial charge < -0.3 is 9.88 Å². The maximum absolute atomic E-state index is 11.6. The summed E-state index contributed by atoms with van der Waals surface area (Å²) in [7, 11) is 1.47. The molecule has 0 atom stereocenters. The van der Waals surface area contributed by atoms with Crippen LogP contribution >= 0.6 is 0 Å². The number of hydrogen-bond donors (Lipinski definition) is 2. The van der Waals surface area contributed by atoms with Crippen molar-refractivity contribution in [2.45, 2.75) is 0 Å². The number of amides is 1. The van der Waals surface area contributed by atoms with E-state index in [2.05, 4.69) is 10.9 Å². The first-order chi connectivity index (χ1) is 7.06. The molecular formula is C9H9N3O3. The fraction of sp³-hybridized carbons (Fsp3) is 0.222. The highest BCUT2D eigenvalue weighted by Gasteiger charge is 2.14. The Morgan fingerprint density at radius 2 is 2.27 bits per heavy atom. The lowest BCUT2D eigenvalue weighted by Gasteiger charge is -2.12. The summed E-state index contributed by atoms with van der Waals surface area (Å²) in [4.78, 5) is 38.8. The Kier molecular flexibility index (Phi) is 3.08. The topological polar surface area (TPSA) is 86.0 Å². The number of hydrogen-bond acceptors (Lipinski definition) is 3. The second kappa shape index (κ2) is 4.28. The zero-order valence-corrected chi connectivity index (χ0v) is 8.03. The van der Waals surface area contributed by atoms with E-state index in [4.69, 9.17) is 6.42 Å². The van der Waals surface area contributed by atoms with Gasteiger partial charge in [0.1, 0.15) is 5.56 Å². The number of H-pyrrole nitrogens is 2. The molecule has 6 nitrogen and oxygen atoms in total. The van der Waals surface area contributed by atoms with Crippen molar-refractivity contribution in [3.05, 3.63) is 32.6 Å². The molecule has 0 aromatic carbocycles. The lowest BCUT2D eigenvalue weighted by Crippen LogP contribution is -2.34. The molecule has 78 valence electrons. The van der Waals surface area contributed by atoms with Crippen LogP contribution in [0, 0.1) is 12.3 Å². The monoisotopic (exact) mass is 207 g/mol. The van der Waals surface area contributed by atoms with Gasteiger partial charge in [0.2, 0.25) is 0 Å². The quantitative estimate of drug-likeness (QED) is 0.595. The third kappa shape index (κ3) is 2.34. The summed E-state index contributed by atoms with van der Waals surface area (Å²) >= 11 is 0. The second-order valence-electron chi connectivity index (χ2n) is 2.85. The van der Waals surface area contributed by atoms with Crippen molar-refractivity contribution >= 4 is 5.91 Å². The lowest BCUT2D eigenvalue weighted by atomic mass is 10.3.